The monoisotopic (exact) mass is 274 g/mol. The normalized spacial score (nSPS) is 12.3. The summed E-state index contributed by atoms with van der Waals surface area (Å²) >= 11 is 0. The predicted molar refractivity (Wildman–Crippen MR) is 89.2 cm³/mol. The first-order valence-corrected chi connectivity index (χ1v) is 10.6. The molecule has 1 nitrogen and oxygen atoms in total. The van der Waals surface area contributed by atoms with Crippen LogP contribution in [0.3, 0.4) is 0 Å². The molecule has 0 amide bonds. The van der Waals surface area contributed by atoms with Crippen molar-refractivity contribution in [1.82, 2.24) is 4.67 Å². The van der Waals surface area contributed by atoms with E-state index < -0.39 is 7.41 Å². The van der Waals surface area contributed by atoms with Gasteiger partial charge in [-0.2, -0.15) is 4.67 Å². The van der Waals surface area contributed by atoms with Crippen molar-refractivity contribution < 1.29 is 0 Å². The summed E-state index contributed by atoms with van der Waals surface area (Å²) in [5.41, 5.74) is 0. The Balaban J connectivity index is 4.82. The molecule has 0 unspecified atom stereocenters. The van der Waals surface area contributed by atoms with E-state index in [4.69, 9.17) is 0 Å². The Hall–Kier alpha value is 0.390. The lowest BCUT2D eigenvalue weighted by Gasteiger charge is -2.36. The van der Waals surface area contributed by atoms with Crippen LogP contribution in [0.25, 0.3) is 0 Å². The minimum Gasteiger partial charge on any atom is -0.181 e. The molecule has 0 aliphatic rings. The third-order valence-electron chi connectivity index (χ3n) is 4.11. The number of hydrogen-bond acceptors (Lipinski definition) is 1. The summed E-state index contributed by atoms with van der Waals surface area (Å²) in [7, 11) is -0.823. The molecule has 18 heavy (non-hydrogen) atoms. The third-order valence-corrected chi connectivity index (χ3v) is 9.33. The van der Waals surface area contributed by atoms with E-state index >= 15 is 0 Å². The van der Waals surface area contributed by atoms with Gasteiger partial charge in [-0.3, -0.25) is 0 Å². The molecule has 0 rings (SSSR count). The Morgan fingerprint density at radius 3 is 1.17 bits per heavy atom. The highest BCUT2D eigenvalue weighted by molar-refractivity contribution is 7.73. The van der Waals surface area contributed by atoms with Gasteiger partial charge in [0.1, 0.15) is 0 Å². The number of hydrogen-bond donors (Lipinski definition) is 0. The van der Waals surface area contributed by atoms with Crippen LogP contribution >= 0.6 is 7.41 Å². The molecule has 0 radical (unpaired) electrons. The standard InChI is InChI=1S/C16H37NP/c1-6-11-14-18(15-12-7-2,16-13-8-3)17(9-4)10-5/h6-16H2,1-5H3/q+1. The van der Waals surface area contributed by atoms with Gasteiger partial charge in [0, 0.05) is 13.1 Å². The van der Waals surface area contributed by atoms with Crippen LogP contribution in [0, 0.1) is 0 Å². The van der Waals surface area contributed by atoms with Gasteiger partial charge >= 0.3 is 0 Å². The van der Waals surface area contributed by atoms with Gasteiger partial charge < -0.3 is 0 Å². The fourth-order valence-corrected chi connectivity index (χ4v) is 8.37. The molecule has 0 heterocycles. The van der Waals surface area contributed by atoms with Gasteiger partial charge in [-0.1, -0.05) is 40.0 Å². The topological polar surface area (TPSA) is 3.24 Å². The Kier molecular flexibility index (Phi) is 11.5. The number of rotatable bonds is 12. The molecular formula is C16H37NP+. The molecule has 0 aromatic heterocycles. The lowest BCUT2D eigenvalue weighted by atomic mass is 10.4. The van der Waals surface area contributed by atoms with Crippen LogP contribution in [-0.4, -0.2) is 36.2 Å². The molecule has 0 fully saturated rings. The van der Waals surface area contributed by atoms with Crippen molar-refractivity contribution in [3.8, 4) is 0 Å². The van der Waals surface area contributed by atoms with E-state index in [1.165, 1.54) is 70.1 Å². The zero-order chi connectivity index (χ0) is 13.9. The molecule has 0 aromatic carbocycles. The van der Waals surface area contributed by atoms with Crippen molar-refractivity contribution in [2.45, 2.75) is 73.1 Å². The largest absolute Gasteiger partial charge is 0.181 e. The predicted octanol–water partition coefficient (Wildman–Crippen LogP) is 5.66. The minimum atomic E-state index is -0.823. The van der Waals surface area contributed by atoms with Gasteiger partial charge in [-0.05, 0) is 33.1 Å². The molecule has 0 aliphatic carbocycles. The van der Waals surface area contributed by atoms with E-state index in [0.717, 1.165) is 0 Å². The summed E-state index contributed by atoms with van der Waals surface area (Å²) in [5.74, 6) is 0. The molecule has 0 saturated carbocycles. The van der Waals surface area contributed by atoms with E-state index in [1.54, 1.807) is 0 Å². The SMILES string of the molecule is CCCC[P+](CCCC)(CCCC)N(CC)CC. The third kappa shape index (κ3) is 6.02. The van der Waals surface area contributed by atoms with Crippen molar-refractivity contribution >= 4 is 7.41 Å². The fraction of sp³-hybridized carbons (Fsp3) is 1.00. The Labute approximate surface area is 117 Å². The maximum atomic E-state index is 2.87. The molecule has 0 bridgehead atoms. The second-order valence-corrected chi connectivity index (χ2v) is 9.56. The smallest absolute Gasteiger partial charge is 0.0830 e. The van der Waals surface area contributed by atoms with Gasteiger partial charge in [-0.15, -0.1) is 0 Å². The highest BCUT2D eigenvalue weighted by atomic mass is 31.2. The van der Waals surface area contributed by atoms with E-state index in [-0.39, 0.29) is 0 Å². The van der Waals surface area contributed by atoms with Crippen molar-refractivity contribution in [3.05, 3.63) is 0 Å². The first kappa shape index (κ1) is 18.4. The molecule has 0 spiro atoms. The van der Waals surface area contributed by atoms with Crippen LogP contribution in [0.1, 0.15) is 73.1 Å². The highest BCUT2D eigenvalue weighted by Crippen LogP contribution is 2.63. The average molecular weight is 274 g/mol. The molecular weight excluding hydrogens is 237 g/mol. The second kappa shape index (κ2) is 11.2. The molecule has 0 N–H and O–H groups in total. The van der Waals surface area contributed by atoms with Crippen LogP contribution < -0.4 is 0 Å². The number of unbranched alkanes of at least 4 members (excludes halogenated alkanes) is 3. The lowest BCUT2D eigenvalue weighted by molar-refractivity contribution is 0.487. The molecule has 0 aliphatic heterocycles. The van der Waals surface area contributed by atoms with Gasteiger partial charge in [-0.25, -0.2) is 0 Å². The Bertz CT molecular complexity index is 156. The summed E-state index contributed by atoms with van der Waals surface area (Å²) in [5, 5.41) is 0. The zero-order valence-electron chi connectivity index (χ0n) is 13.7. The summed E-state index contributed by atoms with van der Waals surface area (Å²) < 4.78 is 2.87. The molecule has 2 heteroatoms. The Morgan fingerprint density at radius 2 is 0.944 bits per heavy atom. The lowest BCUT2D eigenvalue weighted by Crippen LogP contribution is -2.30. The maximum absolute atomic E-state index is 2.87. The first-order valence-electron chi connectivity index (χ1n) is 8.32. The van der Waals surface area contributed by atoms with Gasteiger partial charge in [0.25, 0.3) is 0 Å². The summed E-state index contributed by atoms with van der Waals surface area (Å²) in [4.78, 5) is 0. The average Bonchev–Trinajstić information content (AvgIpc) is 2.41. The van der Waals surface area contributed by atoms with E-state index in [1.807, 2.05) is 0 Å². The van der Waals surface area contributed by atoms with Crippen molar-refractivity contribution in [3.63, 3.8) is 0 Å². The van der Waals surface area contributed by atoms with E-state index in [2.05, 4.69) is 39.3 Å². The fourth-order valence-electron chi connectivity index (χ4n) is 2.94. The minimum absolute atomic E-state index is 0.823. The van der Waals surface area contributed by atoms with Gasteiger partial charge in [0.15, 0.2) is 0 Å². The highest BCUT2D eigenvalue weighted by Gasteiger charge is 2.40. The first-order chi connectivity index (χ1) is 8.70. The molecule has 0 saturated heterocycles. The van der Waals surface area contributed by atoms with Crippen molar-refractivity contribution in [2.75, 3.05) is 31.6 Å². The molecule has 0 aromatic rings. The van der Waals surface area contributed by atoms with Crippen LogP contribution in [0.2, 0.25) is 0 Å². The van der Waals surface area contributed by atoms with Crippen LogP contribution in [-0.2, 0) is 0 Å². The van der Waals surface area contributed by atoms with Crippen molar-refractivity contribution in [2.24, 2.45) is 0 Å². The van der Waals surface area contributed by atoms with Crippen LogP contribution in [0.5, 0.6) is 0 Å². The number of nitrogens with zero attached hydrogens (tertiary/aromatic N) is 1. The summed E-state index contributed by atoms with van der Waals surface area (Å²) in [6.45, 7) is 14.3. The summed E-state index contributed by atoms with van der Waals surface area (Å²) in [6, 6.07) is 0. The van der Waals surface area contributed by atoms with E-state index in [0.29, 0.717) is 0 Å². The van der Waals surface area contributed by atoms with Gasteiger partial charge in [0.05, 0.1) is 25.9 Å². The van der Waals surface area contributed by atoms with E-state index in [9.17, 15) is 0 Å². The van der Waals surface area contributed by atoms with Gasteiger partial charge in [0.2, 0.25) is 0 Å². The molecule has 0 atom stereocenters. The maximum Gasteiger partial charge on any atom is 0.0830 e. The van der Waals surface area contributed by atoms with Crippen LogP contribution in [0.4, 0.5) is 0 Å². The zero-order valence-corrected chi connectivity index (χ0v) is 14.6. The quantitative estimate of drug-likeness (QED) is 0.415. The Morgan fingerprint density at radius 1 is 0.611 bits per heavy atom. The second-order valence-electron chi connectivity index (χ2n) is 5.47. The molecule has 110 valence electrons. The summed E-state index contributed by atoms with van der Waals surface area (Å²) in [6.07, 6.45) is 13.0. The van der Waals surface area contributed by atoms with Crippen LogP contribution in [0.15, 0.2) is 0 Å². The van der Waals surface area contributed by atoms with Crippen molar-refractivity contribution in [1.29, 1.82) is 0 Å².